The summed E-state index contributed by atoms with van der Waals surface area (Å²) >= 11 is 0. The number of rotatable bonds is 5. The lowest BCUT2D eigenvalue weighted by Crippen LogP contribution is -2.13. The molecule has 1 aliphatic carbocycles. The average Bonchev–Trinajstić information content (AvgIpc) is 2.69. The third-order valence-electron chi connectivity index (χ3n) is 5.18. The Hall–Kier alpha value is -2.34. The molecular weight excluding hydrogens is 320 g/mol. The Morgan fingerprint density at radius 2 is 1.65 bits per heavy atom. The van der Waals surface area contributed by atoms with Gasteiger partial charge in [0.1, 0.15) is 0 Å². The normalized spacial score (nSPS) is 19.5. The van der Waals surface area contributed by atoms with E-state index < -0.39 is 0 Å². The number of aromatic nitrogens is 2. The third-order valence-corrected chi connectivity index (χ3v) is 5.18. The molecule has 0 N–H and O–H groups in total. The lowest BCUT2D eigenvalue weighted by atomic mass is 9.77. The van der Waals surface area contributed by atoms with Crippen LogP contribution >= 0.6 is 0 Å². The Morgan fingerprint density at radius 3 is 2.27 bits per heavy atom. The van der Waals surface area contributed by atoms with E-state index >= 15 is 0 Å². The molecule has 136 valence electrons. The number of hydrogen-bond acceptors (Lipinski definition) is 3. The Labute approximate surface area is 157 Å². The fourth-order valence-corrected chi connectivity index (χ4v) is 3.78. The maximum Gasteiger partial charge on any atom is 0.205 e. The Kier molecular flexibility index (Phi) is 6.66. The lowest BCUT2D eigenvalue weighted by molar-refractivity contribution is 0.308. The molecule has 3 heteroatoms. The molecule has 1 fully saturated rings. The van der Waals surface area contributed by atoms with Crippen molar-refractivity contribution in [1.29, 1.82) is 0 Å². The van der Waals surface area contributed by atoms with Crippen molar-refractivity contribution in [3.8, 4) is 17.6 Å². The molecule has 0 bridgehead atoms. The molecule has 1 heterocycles. The second-order valence-corrected chi connectivity index (χ2v) is 7.05. The van der Waals surface area contributed by atoms with Crippen molar-refractivity contribution in [2.24, 2.45) is 5.92 Å². The van der Waals surface area contributed by atoms with Gasteiger partial charge in [0.25, 0.3) is 0 Å². The lowest BCUT2D eigenvalue weighted by Gasteiger charge is -2.28. The summed E-state index contributed by atoms with van der Waals surface area (Å²) in [5.41, 5.74) is 2.47. The molecule has 0 unspecified atom stereocenters. The Bertz CT molecular complexity index is 733. The van der Waals surface area contributed by atoms with Crippen LogP contribution < -0.4 is 4.74 Å². The smallest absolute Gasteiger partial charge is 0.205 e. The van der Waals surface area contributed by atoms with E-state index in [9.17, 15) is 0 Å². The molecule has 0 spiro atoms. The summed E-state index contributed by atoms with van der Waals surface area (Å²) < 4.78 is 5.34. The first-order valence-electron chi connectivity index (χ1n) is 9.85. The Balaban J connectivity index is 1.58. The zero-order chi connectivity index (χ0) is 18.2. The van der Waals surface area contributed by atoms with Gasteiger partial charge in [0.05, 0.1) is 19.0 Å². The van der Waals surface area contributed by atoms with Crippen LogP contribution in [0.3, 0.4) is 0 Å². The third kappa shape index (κ3) is 5.08. The van der Waals surface area contributed by atoms with Gasteiger partial charge in [-0.15, -0.1) is 0 Å². The summed E-state index contributed by atoms with van der Waals surface area (Å²) in [7, 11) is 0. The molecule has 1 aromatic heterocycles. The van der Waals surface area contributed by atoms with Crippen LogP contribution in [0.15, 0.2) is 36.7 Å². The topological polar surface area (TPSA) is 35.0 Å². The fourth-order valence-electron chi connectivity index (χ4n) is 3.78. The maximum absolute atomic E-state index is 5.34. The number of hydrogen-bond donors (Lipinski definition) is 0. The van der Waals surface area contributed by atoms with Gasteiger partial charge in [0.15, 0.2) is 5.75 Å². The second kappa shape index (κ2) is 9.38. The summed E-state index contributed by atoms with van der Waals surface area (Å²) in [6.45, 7) is 4.85. The van der Waals surface area contributed by atoms with Crippen LogP contribution in [0.4, 0.5) is 0 Å². The zero-order valence-electron chi connectivity index (χ0n) is 15.9. The predicted octanol–water partition coefficient (Wildman–Crippen LogP) is 5.35. The summed E-state index contributed by atoms with van der Waals surface area (Å²) in [6, 6.07) is 8.73. The molecule has 3 rings (SSSR count). The minimum Gasteiger partial charge on any atom is -0.491 e. The highest BCUT2D eigenvalue weighted by Crippen LogP contribution is 2.37. The fraction of sp³-hybridized carbons (Fsp3) is 0.478. The van der Waals surface area contributed by atoms with Crippen LogP contribution in [0.2, 0.25) is 0 Å². The quantitative estimate of drug-likeness (QED) is 0.683. The molecule has 0 radical (unpaired) electrons. The largest absolute Gasteiger partial charge is 0.491 e. The molecule has 3 nitrogen and oxygen atoms in total. The van der Waals surface area contributed by atoms with Gasteiger partial charge in [-0.2, -0.15) is 0 Å². The van der Waals surface area contributed by atoms with Gasteiger partial charge in [0.2, 0.25) is 5.82 Å². The van der Waals surface area contributed by atoms with Gasteiger partial charge < -0.3 is 4.74 Å². The van der Waals surface area contributed by atoms with Crippen LogP contribution in [0, 0.1) is 17.8 Å². The standard InChI is InChI=1S/C23H28N2O/c1-3-5-18-6-11-20(12-7-18)21-13-8-19(9-14-21)10-15-23-24-16-22(17-25-23)26-4-2/h8-9,13-14,16-18,20H,3-7,11-12H2,1-2H3. The second-order valence-electron chi connectivity index (χ2n) is 7.05. The summed E-state index contributed by atoms with van der Waals surface area (Å²) in [6.07, 6.45) is 11.5. The highest BCUT2D eigenvalue weighted by molar-refractivity contribution is 5.40. The van der Waals surface area contributed by atoms with Gasteiger partial charge in [-0.25, -0.2) is 9.97 Å². The van der Waals surface area contributed by atoms with Gasteiger partial charge in [-0.3, -0.25) is 0 Å². The van der Waals surface area contributed by atoms with E-state index in [1.54, 1.807) is 12.4 Å². The predicted molar refractivity (Wildman–Crippen MR) is 105 cm³/mol. The van der Waals surface area contributed by atoms with Crippen molar-refractivity contribution < 1.29 is 4.74 Å². The van der Waals surface area contributed by atoms with Crippen molar-refractivity contribution in [1.82, 2.24) is 9.97 Å². The van der Waals surface area contributed by atoms with Gasteiger partial charge >= 0.3 is 0 Å². The maximum atomic E-state index is 5.34. The van der Waals surface area contributed by atoms with Crippen molar-refractivity contribution in [2.45, 2.75) is 58.3 Å². The molecule has 0 saturated heterocycles. The van der Waals surface area contributed by atoms with E-state index in [0.29, 0.717) is 18.2 Å². The Morgan fingerprint density at radius 1 is 0.962 bits per heavy atom. The number of ether oxygens (including phenoxy) is 1. The molecule has 0 amide bonds. The molecule has 26 heavy (non-hydrogen) atoms. The van der Waals surface area contributed by atoms with E-state index in [1.807, 2.05) is 6.92 Å². The summed E-state index contributed by atoms with van der Waals surface area (Å²) in [5.74, 6) is 9.04. The van der Waals surface area contributed by atoms with Crippen LogP contribution in [0.5, 0.6) is 5.75 Å². The highest BCUT2D eigenvalue weighted by atomic mass is 16.5. The first-order chi connectivity index (χ1) is 12.8. The number of benzene rings is 1. The van der Waals surface area contributed by atoms with E-state index in [0.717, 1.165) is 17.4 Å². The van der Waals surface area contributed by atoms with Crippen molar-refractivity contribution in [3.63, 3.8) is 0 Å². The van der Waals surface area contributed by atoms with Gasteiger partial charge in [-0.05, 0) is 68.1 Å². The van der Waals surface area contributed by atoms with Crippen molar-refractivity contribution in [2.75, 3.05) is 6.61 Å². The average molecular weight is 348 g/mol. The molecule has 0 aliphatic heterocycles. The minimum atomic E-state index is 0.520. The van der Waals surface area contributed by atoms with Crippen molar-refractivity contribution >= 4 is 0 Å². The monoisotopic (exact) mass is 348 g/mol. The minimum absolute atomic E-state index is 0.520. The van der Waals surface area contributed by atoms with E-state index in [-0.39, 0.29) is 0 Å². The zero-order valence-corrected chi connectivity index (χ0v) is 15.9. The van der Waals surface area contributed by atoms with E-state index in [4.69, 9.17) is 4.74 Å². The first kappa shape index (κ1) is 18.5. The highest BCUT2D eigenvalue weighted by Gasteiger charge is 2.21. The molecule has 0 atom stereocenters. The summed E-state index contributed by atoms with van der Waals surface area (Å²) in [5, 5.41) is 0. The summed E-state index contributed by atoms with van der Waals surface area (Å²) in [4.78, 5) is 8.43. The molecule has 2 aromatic rings. The molecule has 1 saturated carbocycles. The molecule has 1 aromatic carbocycles. The van der Waals surface area contributed by atoms with Crippen molar-refractivity contribution in [3.05, 3.63) is 53.6 Å². The van der Waals surface area contributed by atoms with Gasteiger partial charge in [-0.1, -0.05) is 37.8 Å². The van der Waals surface area contributed by atoms with E-state index in [2.05, 4.69) is 53.0 Å². The molecular formula is C23H28N2O. The first-order valence-corrected chi connectivity index (χ1v) is 9.85. The van der Waals surface area contributed by atoms with E-state index in [1.165, 1.54) is 44.1 Å². The molecule has 1 aliphatic rings. The van der Waals surface area contributed by atoms with Crippen LogP contribution in [-0.2, 0) is 0 Å². The van der Waals surface area contributed by atoms with Gasteiger partial charge in [0, 0.05) is 5.56 Å². The van der Waals surface area contributed by atoms with Crippen LogP contribution in [0.25, 0.3) is 0 Å². The van der Waals surface area contributed by atoms with Crippen LogP contribution in [0.1, 0.15) is 75.2 Å². The van der Waals surface area contributed by atoms with Crippen LogP contribution in [-0.4, -0.2) is 16.6 Å². The number of nitrogens with zero attached hydrogens (tertiary/aromatic N) is 2. The SMILES string of the molecule is CCCC1CCC(c2ccc(C#Cc3ncc(OCC)cn3)cc2)CC1.